The lowest BCUT2D eigenvalue weighted by Crippen LogP contribution is -2.44. The molecule has 0 bridgehead atoms. The Labute approximate surface area is 201 Å². The van der Waals surface area contributed by atoms with Crippen molar-refractivity contribution < 1.29 is 9.13 Å². The molecule has 0 spiro atoms. The average molecular weight is 541 g/mol. The summed E-state index contributed by atoms with van der Waals surface area (Å²) in [4.78, 5) is 10.9. The van der Waals surface area contributed by atoms with Crippen molar-refractivity contribution in [2.75, 3.05) is 31.1 Å². The van der Waals surface area contributed by atoms with Gasteiger partial charge in [0.15, 0.2) is 17.6 Å². The molecule has 1 aliphatic heterocycles. The number of hydrogen-bond acceptors (Lipinski definition) is 4. The first-order valence-electron chi connectivity index (χ1n) is 10.7. The highest BCUT2D eigenvalue weighted by atomic mass is 127. The van der Waals surface area contributed by atoms with E-state index in [9.17, 15) is 4.39 Å². The van der Waals surface area contributed by atoms with Crippen LogP contribution in [0.1, 0.15) is 32.8 Å². The molecule has 0 saturated carbocycles. The molecule has 2 aromatic rings. The summed E-state index contributed by atoms with van der Waals surface area (Å²) in [5.41, 5.74) is 1.23. The number of aromatic nitrogens is 1. The van der Waals surface area contributed by atoms with Crippen LogP contribution >= 0.6 is 24.0 Å². The second kappa shape index (κ2) is 12.7. The lowest BCUT2D eigenvalue weighted by atomic mass is 10.1. The van der Waals surface area contributed by atoms with Gasteiger partial charge in [0.05, 0.1) is 6.10 Å². The summed E-state index contributed by atoms with van der Waals surface area (Å²) >= 11 is 0. The molecule has 170 valence electrons. The summed E-state index contributed by atoms with van der Waals surface area (Å²) < 4.78 is 19.7. The number of guanidine groups is 1. The van der Waals surface area contributed by atoms with Crippen molar-refractivity contribution in [2.45, 2.75) is 45.8 Å². The third-order valence-electron chi connectivity index (χ3n) is 4.88. The van der Waals surface area contributed by atoms with Crippen molar-refractivity contribution in [1.82, 2.24) is 15.6 Å². The Balaban J connectivity index is 0.00000341. The first-order valence-corrected chi connectivity index (χ1v) is 10.7. The number of pyridine rings is 1. The van der Waals surface area contributed by atoms with Gasteiger partial charge in [0.25, 0.3) is 0 Å². The monoisotopic (exact) mass is 541 g/mol. The molecule has 3 rings (SSSR count). The molecule has 0 amide bonds. The normalized spacial score (nSPS) is 16.2. The zero-order chi connectivity index (χ0) is 21.3. The molecule has 1 fully saturated rings. The van der Waals surface area contributed by atoms with Gasteiger partial charge in [0, 0.05) is 38.4 Å². The summed E-state index contributed by atoms with van der Waals surface area (Å²) in [5, 5.41) is 6.78. The Bertz CT molecular complexity index is 831. The van der Waals surface area contributed by atoms with Crippen molar-refractivity contribution >= 4 is 35.8 Å². The Morgan fingerprint density at radius 3 is 2.74 bits per heavy atom. The van der Waals surface area contributed by atoms with Gasteiger partial charge in [-0.05, 0) is 63.4 Å². The van der Waals surface area contributed by atoms with Crippen molar-refractivity contribution in [2.24, 2.45) is 4.99 Å². The third kappa shape index (κ3) is 7.83. The fraction of sp³-hybridized carbons (Fsp3) is 0.478. The van der Waals surface area contributed by atoms with Crippen LogP contribution in [-0.2, 0) is 6.42 Å². The summed E-state index contributed by atoms with van der Waals surface area (Å²) in [6, 6.07) is 11.5. The number of rotatable bonds is 8. The predicted octanol–water partition coefficient (Wildman–Crippen LogP) is 4.00. The molecule has 1 unspecified atom stereocenters. The number of hydrogen-bond donors (Lipinski definition) is 2. The van der Waals surface area contributed by atoms with E-state index in [4.69, 9.17) is 9.73 Å². The molecule has 1 saturated heterocycles. The summed E-state index contributed by atoms with van der Waals surface area (Å²) in [6.45, 7) is 9.05. The lowest BCUT2D eigenvalue weighted by molar-refractivity contribution is 0.242. The van der Waals surface area contributed by atoms with Crippen LogP contribution in [0.5, 0.6) is 5.75 Å². The van der Waals surface area contributed by atoms with Gasteiger partial charge in [0.2, 0.25) is 0 Å². The molecule has 31 heavy (non-hydrogen) atoms. The van der Waals surface area contributed by atoms with E-state index in [0.717, 1.165) is 37.6 Å². The van der Waals surface area contributed by atoms with E-state index in [1.54, 1.807) is 12.3 Å². The van der Waals surface area contributed by atoms with E-state index in [1.165, 1.54) is 11.6 Å². The van der Waals surface area contributed by atoms with Crippen molar-refractivity contribution in [3.8, 4) is 5.75 Å². The molecular formula is C23H33FIN5O. The van der Waals surface area contributed by atoms with Gasteiger partial charge in [-0.1, -0.05) is 12.1 Å². The topological polar surface area (TPSA) is 61.8 Å². The molecule has 8 heteroatoms. The number of anilines is 1. The number of ether oxygens (including phenoxy) is 1. The van der Waals surface area contributed by atoms with Gasteiger partial charge in [-0.25, -0.2) is 9.37 Å². The van der Waals surface area contributed by atoms with Crippen LogP contribution in [0.15, 0.2) is 47.6 Å². The Kier molecular flexibility index (Phi) is 10.3. The molecule has 2 heterocycles. The van der Waals surface area contributed by atoms with E-state index < -0.39 is 0 Å². The van der Waals surface area contributed by atoms with Crippen LogP contribution < -0.4 is 20.3 Å². The maximum atomic E-state index is 14.0. The van der Waals surface area contributed by atoms with Gasteiger partial charge >= 0.3 is 0 Å². The minimum Gasteiger partial charge on any atom is -0.491 e. The van der Waals surface area contributed by atoms with Crippen LogP contribution in [0.4, 0.5) is 10.2 Å². The molecule has 0 aliphatic carbocycles. The fourth-order valence-electron chi connectivity index (χ4n) is 3.50. The molecule has 6 nitrogen and oxygen atoms in total. The molecular weight excluding hydrogens is 508 g/mol. The van der Waals surface area contributed by atoms with Crippen LogP contribution in [-0.4, -0.2) is 49.3 Å². The van der Waals surface area contributed by atoms with Crippen LogP contribution in [0, 0.1) is 5.82 Å². The van der Waals surface area contributed by atoms with E-state index in [1.807, 2.05) is 30.9 Å². The molecule has 0 radical (unpaired) electrons. The maximum absolute atomic E-state index is 14.0. The first-order chi connectivity index (χ1) is 14.5. The predicted molar refractivity (Wildman–Crippen MR) is 135 cm³/mol. The number of aliphatic imine (C=N–C) groups is 1. The maximum Gasteiger partial charge on any atom is 0.191 e. The molecule has 1 aromatic carbocycles. The number of benzene rings is 1. The molecule has 1 atom stereocenters. The van der Waals surface area contributed by atoms with E-state index >= 15 is 0 Å². The van der Waals surface area contributed by atoms with Crippen molar-refractivity contribution in [1.29, 1.82) is 0 Å². The standard InChI is InChI=1S/C23H32FN5O.HI/c1-4-25-23(27-14-11-18-7-9-20(10-8-18)30-17(2)3)28-19-12-15-29(16-19)22-21(24)6-5-13-26-22;/h5-10,13,17,19H,4,11-12,14-16H2,1-3H3,(H2,25,27,28);1H. The van der Waals surface area contributed by atoms with Crippen LogP contribution in [0.2, 0.25) is 0 Å². The second-order valence-corrected chi connectivity index (χ2v) is 7.71. The van der Waals surface area contributed by atoms with E-state index in [-0.39, 0.29) is 41.9 Å². The Morgan fingerprint density at radius 2 is 2.06 bits per heavy atom. The Hall–Kier alpha value is -2.10. The second-order valence-electron chi connectivity index (χ2n) is 7.71. The number of nitrogens with one attached hydrogen (secondary N) is 2. The van der Waals surface area contributed by atoms with Crippen LogP contribution in [0.25, 0.3) is 0 Å². The van der Waals surface area contributed by atoms with Gasteiger partial charge in [-0.15, -0.1) is 24.0 Å². The number of halogens is 2. The Morgan fingerprint density at radius 1 is 1.29 bits per heavy atom. The van der Waals surface area contributed by atoms with Gasteiger partial charge in [-0.2, -0.15) is 0 Å². The zero-order valence-corrected chi connectivity index (χ0v) is 20.8. The molecule has 1 aromatic heterocycles. The molecule has 1 aliphatic rings. The zero-order valence-electron chi connectivity index (χ0n) is 18.5. The third-order valence-corrected chi connectivity index (χ3v) is 4.88. The fourth-order valence-corrected chi connectivity index (χ4v) is 3.50. The highest BCUT2D eigenvalue weighted by molar-refractivity contribution is 14.0. The van der Waals surface area contributed by atoms with Gasteiger partial charge in [-0.3, -0.25) is 4.99 Å². The number of nitrogens with zero attached hydrogens (tertiary/aromatic N) is 3. The van der Waals surface area contributed by atoms with Gasteiger partial charge in [0.1, 0.15) is 5.75 Å². The summed E-state index contributed by atoms with van der Waals surface area (Å²) in [7, 11) is 0. The van der Waals surface area contributed by atoms with Crippen LogP contribution in [0.3, 0.4) is 0 Å². The quantitative estimate of drug-likeness (QED) is 0.301. The minimum absolute atomic E-state index is 0. The highest BCUT2D eigenvalue weighted by Crippen LogP contribution is 2.20. The highest BCUT2D eigenvalue weighted by Gasteiger charge is 2.25. The van der Waals surface area contributed by atoms with E-state index in [0.29, 0.717) is 18.9 Å². The van der Waals surface area contributed by atoms with Crippen molar-refractivity contribution in [3.63, 3.8) is 0 Å². The smallest absolute Gasteiger partial charge is 0.191 e. The SMILES string of the molecule is CCNC(=NCCc1ccc(OC(C)C)cc1)NC1CCN(c2ncccc2F)C1.I. The molecule has 2 N–H and O–H groups in total. The first kappa shape index (κ1) is 25.2. The minimum atomic E-state index is -0.275. The summed E-state index contributed by atoms with van der Waals surface area (Å²) in [5.74, 6) is 1.84. The summed E-state index contributed by atoms with van der Waals surface area (Å²) in [6.07, 6.45) is 3.58. The lowest BCUT2D eigenvalue weighted by Gasteiger charge is -2.20. The van der Waals surface area contributed by atoms with Gasteiger partial charge < -0.3 is 20.3 Å². The van der Waals surface area contributed by atoms with E-state index in [2.05, 4.69) is 34.7 Å². The largest absolute Gasteiger partial charge is 0.491 e. The average Bonchev–Trinajstić information content (AvgIpc) is 3.17. The van der Waals surface area contributed by atoms with Crippen molar-refractivity contribution in [3.05, 3.63) is 54.0 Å².